The summed E-state index contributed by atoms with van der Waals surface area (Å²) in [6.45, 7) is 4.56. The van der Waals surface area contributed by atoms with Gasteiger partial charge in [0.1, 0.15) is 23.1 Å². The van der Waals surface area contributed by atoms with Gasteiger partial charge < -0.3 is 24.3 Å². The molecule has 168 valence electrons. The third kappa shape index (κ3) is 7.36. The van der Waals surface area contributed by atoms with E-state index in [-0.39, 0.29) is 23.7 Å². The maximum atomic E-state index is 12.2. The van der Waals surface area contributed by atoms with Crippen LogP contribution in [-0.4, -0.2) is 38.7 Å². The van der Waals surface area contributed by atoms with Crippen LogP contribution in [-0.2, 0) is 9.59 Å². The predicted octanol–water partition coefficient (Wildman–Crippen LogP) is 3.51. The van der Waals surface area contributed by atoms with E-state index < -0.39 is 11.9 Å². The molecule has 8 nitrogen and oxygen atoms in total. The molecule has 0 fully saturated rings. The number of rotatable bonds is 11. The monoisotopic (exact) mass is 438 g/mol. The number of hydrogen-bond donors (Lipinski definition) is 1. The van der Waals surface area contributed by atoms with Crippen molar-refractivity contribution in [3.63, 3.8) is 0 Å². The number of nitriles is 1. The highest BCUT2D eigenvalue weighted by atomic mass is 16.6. The Morgan fingerprint density at radius 2 is 1.72 bits per heavy atom. The lowest BCUT2D eigenvalue weighted by Gasteiger charge is -2.11. The van der Waals surface area contributed by atoms with E-state index in [1.165, 1.54) is 19.3 Å². The molecule has 1 amide bonds. The van der Waals surface area contributed by atoms with Gasteiger partial charge in [-0.1, -0.05) is 13.0 Å². The van der Waals surface area contributed by atoms with Gasteiger partial charge in [-0.15, -0.1) is 0 Å². The Labute approximate surface area is 187 Å². The average Bonchev–Trinajstić information content (AvgIpc) is 2.81. The van der Waals surface area contributed by atoms with Crippen molar-refractivity contribution in [2.45, 2.75) is 20.3 Å². The van der Waals surface area contributed by atoms with Crippen LogP contribution < -0.4 is 24.3 Å². The van der Waals surface area contributed by atoms with Crippen LogP contribution in [0.1, 0.15) is 25.8 Å². The minimum absolute atomic E-state index is 0.0333. The van der Waals surface area contributed by atoms with Crippen LogP contribution in [0.15, 0.2) is 48.0 Å². The molecule has 1 N–H and O–H groups in total. The molecule has 0 radical (unpaired) electrons. The zero-order valence-corrected chi connectivity index (χ0v) is 18.3. The molecular formula is C24H26N2O6. The van der Waals surface area contributed by atoms with Crippen LogP contribution in [0.3, 0.4) is 0 Å². The molecule has 0 aliphatic heterocycles. The predicted molar refractivity (Wildman–Crippen MR) is 119 cm³/mol. The molecule has 8 heteroatoms. The average molecular weight is 438 g/mol. The number of amides is 1. The van der Waals surface area contributed by atoms with Crippen molar-refractivity contribution in [3.05, 3.63) is 53.6 Å². The number of carbonyl (C=O) groups excluding carboxylic acids is 2. The Balaban J connectivity index is 2.02. The van der Waals surface area contributed by atoms with Crippen molar-refractivity contribution in [2.24, 2.45) is 0 Å². The van der Waals surface area contributed by atoms with Gasteiger partial charge in [-0.3, -0.25) is 4.79 Å². The van der Waals surface area contributed by atoms with Crippen LogP contribution >= 0.6 is 0 Å². The van der Waals surface area contributed by atoms with Crippen molar-refractivity contribution in [2.75, 3.05) is 26.9 Å². The maximum Gasteiger partial charge on any atom is 0.349 e. The van der Waals surface area contributed by atoms with Gasteiger partial charge in [-0.2, -0.15) is 5.26 Å². The number of carbonyl (C=O) groups is 2. The van der Waals surface area contributed by atoms with Crippen LogP contribution in [0, 0.1) is 11.3 Å². The van der Waals surface area contributed by atoms with E-state index in [4.69, 9.17) is 18.9 Å². The third-order valence-electron chi connectivity index (χ3n) is 4.11. The quantitative estimate of drug-likeness (QED) is 0.248. The van der Waals surface area contributed by atoms with E-state index in [9.17, 15) is 14.9 Å². The highest BCUT2D eigenvalue weighted by Gasteiger charge is 2.13. The van der Waals surface area contributed by atoms with E-state index in [1.807, 2.05) is 19.9 Å². The Kier molecular flexibility index (Phi) is 9.60. The molecule has 0 aromatic heterocycles. The minimum atomic E-state index is -0.614. The molecule has 0 spiro atoms. The van der Waals surface area contributed by atoms with Crippen LogP contribution in [0.2, 0.25) is 0 Å². The van der Waals surface area contributed by atoms with Gasteiger partial charge in [0, 0.05) is 6.54 Å². The van der Waals surface area contributed by atoms with Gasteiger partial charge in [0.05, 0.1) is 13.7 Å². The van der Waals surface area contributed by atoms with Gasteiger partial charge >= 0.3 is 5.97 Å². The Hall–Kier alpha value is -3.99. The lowest BCUT2D eigenvalue weighted by atomic mass is 10.1. The van der Waals surface area contributed by atoms with Gasteiger partial charge in [-0.05, 0) is 61.4 Å². The summed E-state index contributed by atoms with van der Waals surface area (Å²) in [6, 6.07) is 13.5. The fraction of sp³-hybridized carbons (Fsp3) is 0.292. The molecule has 0 atom stereocenters. The van der Waals surface area contributed by atoms with Crippen LogP contribution in [0.5, 0.6) is 23.0 Å². The van der Waals surface area contributed by atoms with Crippen molar-refractivity contribution >= 4 is 18.0 Å². The first-order valence-corrected chi connectivity index (χ1v) is 10.1. The molecule has 32 heavy (non-hydrogen) atoms. The number of esters is 1. The van der Waals surface area contributed by atoms with Gasteiger partial charge in [-0.25, -0.2) is 4.79 Å². The smallest absolute Gasteiger partial charge is 0.349 e. The Morgan fingerprint density at radius 1 is 1.03 bits per heavy atom. The van der Waals surface area contributed by atoms with Gasteiger partial charge in [0.25, 0.3) is 5.91 Å². The minimum Gasteiger partial charge on any atom is -0.494 e. The lowest BCUT2D eigenvalue weighted by Crippen LogP contribution is -2.25. The molecule has 2 aromatic rings. The summed E-state index contributed by atoms with van der Waals surface area (Å²) in [4.78, 5) is 24.2. The van der Waals surface area contributed by atoms with Gasteiger partial charge in [0.15, 0.2) is 18.1 Å². The number of nitrogens with one attached hydrogen (secondary N) is 1. The van der Waals surface area contributed by atoms with E-state index in [1.54, 1.807) is 36.4 Å². The Bertz CT molecular complexity index is 993. The molecule has 0 saturated carbocycles. The van der Waals surface area contributed by atoms with Crippen molar-refractivity contribution in [1.29, 1.82) is 5.26 Å². The van der Waals surface area contributed by atoms with Crippen LogP contribution in [0.25, 0.3) is 6.08 Å². The number of nitrogens with zero attached hydrogens (tertiary/aromatic N) is 1. The standard InChI is InChI=1S/C24H26N2O6/c1-4-12-26-24(28)18(15-25)13-17-6-11-21(22(14-17)29-3)32-23(27)16-31-20-9-7-19(8-10-20)30-5-2/h6-11,13-14H,4-5,12,16H2,1-3H3,(H,26,28)/b18-13+. The maximum absolute atomic E-state index is 12.2. The molecule has 0 saturated heterocycles. The fourth-order valence-corrected chi connectivity index (χ4v) is 2.60. The van der Waals surface area contributed by atoms with Crippen LogP contribution in [0.4, 0.5) is 0 Å². The molecular weight excluding hydrogens is 412 g/mol. The summed E-state index contributed by atoms with van der Waals surface area (Å²) < 4.78 is 21.4. The fourth-order valence-electron chi connectivity index (χ4n) is 2.60. The van der Waals surface area contributed by atoms with Crippen molar-refractivity contribution in [3.8, 4) is 29.1 Å². The second-order valence-electron chi connectivity index (χ2n) is 6.50. The molecule has 0 heterocycles. The first-order chi connectivity index (χ1) is 15.5. The highest BCUT2D eigenvalue weighted by molar-refractivity contribution is 6.01. The summed E-state index contributed by atoms with van der Waals surface area (Å²) in [7, 11) is 1.43. The first-order valence-electron chi connectivity index (χ1n) is 10.1. The number of hydrogen-bond acceptors (Lipinski definition) is 7. The van der Waals surface area contributed by atoms with E-state index in [2.05, 4.69) is 5.32 Å². The van der Waals surface area contributed by atoms with Crippen molar-refractivity contribution in [1.82, 2.24) is 5.32 Å². The SMILES string of the molecule is CCCNC(=O)/C(C#N)=C/c1ccc(OC(=O)COc2ccc(OCC)cc2)c(OC)c1. The second-order valence-corrected chi connectivity index (χ2v) is 6.50. The molecule has 0 aliphatic rings. The summed E-state index contributed by atoms with van der Waals surface area (Å²) >= 11 is 0. The number of methoxy groups -OCH3 is 1. The molecule has 0 bridgehead atoms. The van der Waals surface area contributed by atoms with E-state index in [0.29, 0.717) is 30.2 Å². The summed E-state index contributed by atoms with van der Waals surface area (Å²) in [6.07, 6.45) is 2.20. The topological polar surface area (TPSA) is 107 Å². The van der Waals surface area contributed by atoms with E-state index in [0.717, 1.165) is 6.42 Å². The second kappa shape index (κ2) is 12.6. The molecule has 0 aliphatic carbocycles. The van der Waals surface area contributed by atoms with Gasteiger partial charge in [0.2, 0.25) is 0 Å². The zero-order chi connectivity index (χ0) is 23.3. The summed E-state index contributed by atoms with van der Waals surface area (Å²) in [5, 5.41) is 11.9. The summed E-state index contributed by atoms with van der Waals surface area (Å²) in [5.74, 6) is 0.623. The molecule has 0 unspecified atom stereocenters. The Morgan fingerprint density at radius 3 is 2.31 bits per heavy atom. The zero-order valence-electron chi connectivity index (χ0n) is 18.3. The largest absolute Gasteiger partial charge is 0.494 e. The number of benzene rings is 2. The highest BCUT2D eigenvalue weighted by Crippen LogP contribution is 2.29. The first kappa shape index (κ1) is 24.3. The van der Waals surface area contributed by atoms with E-state index >= 15 is 0 Å². The number of ether oxygens (including phenoxy) is 4. The van der Waals surface area contributed by atoms with Crippen molar-refractivity contribution < 1.29 is 28.5 Å². The lowest BCUT2D eigenvalue weighted by molar-refractivity contribution is -0.136. The molecule has 2 rings (SSSR count). The molecule has 2 aromatic carbocycles. The third-order valence-corrected chi connectivity index (χ3v) is 4.11. The normalized spacial score (nSPS) is 10.6. The summed E-state index contributed by atoms with van der Waals surface area (Å²) in [5.41, 5.74) is 0.518.